The average Bonchev–Trinajstić information content (AvgIpc) is 2.76. The minimum Gasteiger partial charge on any atom is -0.466 e. The van der Waals surface area contributed by atoms with Gasteiger partial charge < -0.3 is 4.74 Å². The first-order valence-corrected chi connectivity index (χ1v) is 6.57. The Hall–Kier alpha value is -1.59. The number of nitrogens with one attached hydrogen (secondary N) is 2. The van der Waals surface area contributed by atoms with Crippen LogP contribution in [0.4, 0.5) is 5.95 Å². The van der Waals surface area contributed by atoms with Crippen LogP contribution in [0.5, 0.6) is 6.01 Å². The van der Waals surface area contributed by atoms with Crippen molar-refractivity contribution in [1.29, 1.82) is 0 Å². The summed E-state index contributed by atoms with van der Waals surface area (Å²) in [5.41, 5.74) is 0. The zero-order valence-electron chi connectivity index (χ0n) is 10.7. The molecule has 1 saturated carbocycles. The van der Waals surface area contributed by atoms with E-state index < -0.39 is 0 Å². The summed E-state index contributed by atoms with van der Waals surface area (Å²) in [6.07, 6.45) is 7.98. The van der Waals surface area contributed by atoms with Crippen LogP contribution in [-0.4, -0.2) is 28.2 Å². The first-order chi connectivity index (χ1) is 8.79. The van der Waals surface area contributed by atoms with Gasteiger partial charge in [-0.1, -0.05) is 32.1 Å². The van der Waals surface area contributed by atoms with Crippen LogP contribution >= 0.6 is 0 Å². The second-order valence-electron chi connectivity index (χ2n) is 4.70. The first-order valence-electron chi connectivity index (χ1n) is 6.57. The predicted octanol–water partition coefficient (Wildman–Crippen LogP) is 2.11. The Morgan fingerprint density at radius 2 is 1.94 bits per heavy atom. The van der Waals surface area contributed by atoms with Gasteiger partial charge in [-0.15, -0.1) is 5.10 Å². The molecule has 2 rings (SSSR count). The minimum atomic E-state index is 0.0377. The molecular weight excluding hydrogens is 232 g/mol. The molecule has 1 heterocycles. The minimum absolute atomic E-state index is 0.0377. The van der Waals surface area contributed by atoms with Gasteiger partial charge in [-0.3, -0.25) is 10.1 Å². The van der Waals surface area contributed by atoms with E-state index in [0.717, 1.165) is 25.7 Å². The topological polar surface area (TPSA) is 79.9 Å². The summed E-state index contributed by atoms with van der Waals surface area (Å²) in [6.45, 7) is 0. The zero-order chi connectivity index (χ0) is 12.8. The van der Waals surface area contributed by atoms with Crippen LogP contribution in [0, 0.1) is 5.92 Å². The maximum absolute atomic E-state index is 12.1. The molecule has 0 unspecified atom stereocenters. The maximum Gasteiger partial charge on any atom is 0.336 e. The van der Waals surface area contributed by atoms with Crippen molar-refractivity contribution in [3.05, 3.63) is 0 Å². The van der Waals surface area contributed by atoms with Crippen LogP contribution in [0.15, 0.2) is 0 Å². The molecule has 0 atom stereocenters. The molecule has 6 nitrogen and oxygen atoms in total. The molecule has 0 bridgehead atoms. The summed E-state index contributed by atoms with van der Waals surface area (Å²) in [5, 5.41) is 9.20. The standard InChI is InChI=1S/C12H20N4O2/c1-18-12-14-11(15-16-12)13-10(17)9-7-5-3-2-4-6-8-9/h9H,2-8H2,1H3,(H2,13,14,15,16,17). The van der Waals surface area contributed by atoms with Crippen molar-refractivity contribution in [1.82, 2.24) is 15.2 Å². The van der Waals surface area contributed by atoms with Crippen molar-refractivity contribution >= 4 is 11.9 Å². The summed E-state index contributed by atoms with van der Waals surface area (Å²) < 4.78 is 4.85. The number of hydrogen-bond donors (Lipinski definition) is 2. The van der Waals surface area contributed by atoms with E-state index in [9.17, 15) is 4.79 Å². The molecule has 1 aromatic rings. The van der Waals surface area contributed by atoms with Gasteiger partial charge in [-0.05, 0) is 12.8 Å². The second kappa shape index (κ2) is 6.37. The number of carbonyl (C=O) groups excluding carboxylic acids is 1. The Balaban J connectivity index is 1.89. The van der Waals surface area contributed by atoms with Crippen molar-refractivity contribution in [2.45, 2.75) is 44.9 Å². The first kappa shape index (κ1) is 12.9. The van der Waals surface area contributed by atoms with Crippen LogP contribution in [0.25, 0.3) is 0 Å². The highest BCUT2D eigenvalue weighted by Gasteiger charge is 2.20. The van der Waals surface area contributed by atoms with Gasteiger partial charge in [-0.25, -0.2) is 5.10 Å². The number of nitrogens with zero attached hydrogens (tertiary/aromatic N) is 2. The smallest absolute Gasteiger partial charge is 0.336 e. The summed E-state index contributed by atoms with van der Waals surface area (Å²) in [5.74, 6) is 0.496. The third-order valence-corrected chi connectivity index (χ3v) is 3.37. The lowest BCUT2D eigenvalue weighted by Gasteiger charge is -2.18. The summed E-state index contributed by atoms with van der Waals surface area (Å²) in [4.78, 5) is 16.1. The van der Waals surface area contributed by atoms with E-state index in [0.29, 0.717) is 5.95 Å². The van der Waals surface area contributed by atoms with Gasteiger partial charge >= 0.3 is 6.01 Å². The predicted molar refractivity (Wildman–Crippen MR) is 67.4 cm³/mol. The molecule has 0 aliphatic heterocycles. The summed E-state index contributed by atoms with van der Waals surface area (Å²) in [6, 6.07) is 0.239. The molecule has 1 amide bonds. The third kappa shape index (κ3) is 3.45. The van der Waals surface area contributed by atoms with Gasteiger partial charge in [0.2, 0.25) is 11.9 Å². The lowest BCUT2D eigenvalue weighted by molar-refractivity contribution is -0.120. The van der Waals surface area contributed by atoms with Gasteiger partial charge in [0.05, 0.1) is 7.11 Å². The molecule has 0 radical (unpaired) electrons. The quantitative estimate of drug-likeness (QED) is 0.863. The number of hydrogen-bond acceptors (Lipinski definition) is 4. The highest BCUT2D eigenvalue weighted by Crippen LogP contribution is 2.23. The fraction of sp³-hybridized carbons (Fsp3) is 0.750. The van der Waals surface area contributed by atoms with Crippen LogP contribution in [0.2, 0.25) is 0 Å². The number of carbonyl (C=O) groups is 1. The molecule has 1 aromatic heterocycles. The van der Waals surface area contributed by atoms with Crippen molar-refractivity contribution in [3.8, 4) is 6.01 Å². The maximum atomic E-state index is 12.1. The van der Waals surface area contributed by atoms with Crippen molar-refractivity contribution in [3.63, 3.8) is 0 Å². The normalized spacial score (nSPS) is 17.8. The number of anilines is 1. The second-order valence-corrected chi connectivity index (χ2v) is 4.70. The number of methoxy groups -OCH3 is 1. The van der Waals surface area contributed by atoms with E-state index in [2.05, 4.69) is 20.5 Å². The number of amides is 1. The van der Waals surface area contributed by atoms with Crippen LogP contribution in [-0.2, 0) is 4.79 Å². The van der Waals surface area contributed by atoms with Gasteiger partial charge in [-0.2, -0.15) is 4.98 Å². The molecule has 6 heteroatoms. The molecule has 100 valence electrons. The molecule has 2 N–H and O–H groups in total. The van der Waals surface area contributed by atoms with Crippen molar-refractivity contribution < 1.29 is 9.53 Å². The Kier molecular flexibility index (Phi) is 4.55. The monoisotopic (exact) mass is 252 g/mol. The molecular formula is C12H20N4O2. The summed E-state index contributed by atoms with van der Waals surface area (Å²) in [7, 11) is 1.49. The lowest BCUT2D eigenvalue weighted by atomic mass is 9.90. The molecule has 1 aliphatic carbocycles. The zero-order valence-corrected chi connectivity index (χ0v) is 10.7. The van der Waals surface area contributed by atoms with Gasteiger partial charge in [0, 0.05) is 5.92 Å². The molecule has 0 saturated heterocycles. The average molecular weight is 252 g/mol. The molecule has 1 aliphatic rings. The Morgan fingerprint density at radius 3 is 2.56 bits per heavy atom. The number of aromatic nitrogens is 3. The van der Waals surface area contributed by atoms with Crippen LogP contribution in [0.1, 0.15) is 44.9 Å². The fourth-order valence-corrected chi connectivity index (χ4v) is 2.33. The number of rotatable bonds is 3. The number of H-pyrrole nitrogens is 1. The highest BCUT2D eigenvalue weighted by molar-refractivity contribution is 5.90. The van der Waals surface area contributed by atoms with Crippen LogP contribution in [0.3, 0.4) is 0 Å². The van der Waals surface area contributed by atoms with Gasteiger partial charge in [0.1, 0.15) is 0 Å². The molecule has 0 spiro atoms. The van der Waals surface area contributed by atoms with E-state index in [1.54, 1.807) is 0 Å². The van der Waals surface area contributed by atoms with Crippen molar-refractivity contribution in [2.75, 3.05) is 12.4 Å². The molecule has 0 aromatic carbocycles. The SMILES string of the molecule is COc1n[nH]c(NC(=O)C2CCCCCCC2)n1. The van der Waals surface area contributed by atoms with Crippen LogP contribution < -0.4 is 10.1 Å². The Morgan fingerprint density at radius 1 is 1.28 bits per heavy atom. The number of aromatic amines is 1. The molecule has 1 fully saturated rings. The van der Waals surface area contributed by atoms with E-state index in [-0.39, 0.29) is 17.8 Å². The fourth-order valence-electron chi connectivity index (χ4n) is 2.33. The molecule has 18 heavy (non-hydrogen) atoms. The van der Waals surface area contributed by atoms with Crippen molar-refractivity contribution in [2.24, 2.45) is 5.92 Å². The largest absolute Gasteiger partial charge is 0.466 e. The Bertz CT molecular complexity index is 383. The Labute approximate surface area is 107 Å². The summed E-state index contributed by atoms with van der Waals surface area (Å²) >= 11 is 0. The third-order valence-electron chi connectivity index (χ3n) is 3.37. The van der Waals surface area contributed by atoms with E-state index in [1.165, 1.54) is 26.4 Å². The van der Waals surface area contributed by atoms with E-state index in [4.69, 9.17) is 4.74 Å². The van der Waals surface area contributed by atoms with Gasteiger partial charge in [0.15, 0.2) is 0 Å². The van der Waals surface area contributed by atoms with Gasteiger partial charge in [0.25, 0.3) is 0 Å². The van der Waals surface area contributed by atoms with E-state index in [1.807, 2.05) is 0 Å². The highest BCUT2D eigenvalue weighted by atomic mass is 16.5. The number of ether oxygens (including phenoxy) is 1. The lowest BCUT2D eigenvalue weighted by Crippen LogP contribution is -2.24. The van der Waals surface area contributed by atoms with E-state index >= 15 is 0 Å².